The van der Waals surface area contributed by atoms with Crippen LogP contribution in [0.3, 0.4) is 0 Å². The Morgan fingerprint density at radius 3 is 2.71 bits per heavy atom. The van der Waals surface area contributed by atoms with E-state index in [1.807, 2.05) is 53.2 Å². The number of amides is 2. The Labute approximate surface area is 231 Å². The molecule has 0 bridgehead atoms. The molecule has 3 aliphatic rings. The Bertz CT molecular complexity index is 1370. The molecule has 198 valence electrons. The maximum atomic E-state index is 14.0. The van der Waals surface area contributed by atoms with Crippen molar-refractivity contribution in [3.63, 3.8) is 0 Å². The molecule has 2 amide bonds. The summed E-state index contributed by atoms with van der Waals surface area (Å²) < 4.78 is 9.06. The van der Waals surface area contributed by atoms with Crippen molar-refractivity contribution in [3.05, 3.63) is 75.3 Å². The molecule has 1 saturated carbocycles. The number of hydrogen-bond acceptors (Lipinski definition) is 5. The molecule has 38 heavy (non-hydrogen) atoms. The van der Waals surface area contributed by atoms with Gasteiger partial charge in [0.25, 0.3) is 5.91 Å². The molecule has 2 aromatic carbocycles. The molecule has 6 rings (SSSR count). The summed E-state index contributed by atoms with van der Waals surface area (Å²) >= 11 is 3.76. The molecule has 8 nitrogen and oxygen atoms in total. The first-order valence-corrected chi connectivity index (χ1v) is 14.2. The number of benzene rings is 2. The summed E-state index contributed by atoms with van der Waals surface area (Å²) in [6.07, 6.45) is 7.53. The number of rotatable bonds is 6. The lowest BCUT2D eigenvalue weighted by molar-refractivity contribution is -0.140. The van der Waals surface area contributed by atoms with Gasteiger partial charge < -0.3 is 14.5 Å². The molecule has 3 heterocycles. The predicted octanol–water partition coefficient (Wildman–Crippen LogP) is 4.82. The van der Waals surface area contributed by atoms with Crippen molar-refractivity contribution < 1.29 is 14.3 Å². The zero-order valence-electron chi connectivity index (χ0n) is 21.6. The minimum atomic E-state index is -0.293. The van der Waals surface area contributed by atoms with Crippen molar-refractivity contribution >= 4 is 27.7 Å². The maximum absolute atomic E-state index is 14.0. The van der Waals surface area contributed by atoms with Crippen LogP contribution in [-0.4, -0.2) is 49.5 Å². The zero-order chi connectivity index (χ0) is 26.2. The van der Waals surface area contributed by atoms with Gasteiger partial charge in [-0.05, 0) is 48.6 Å². The quantitative estimate of drug-likeness (QED) is 0.419. The van der Waals surface area contributed by atoms with Gasteiger partial charge in [-0.3, -0.25) is 14.3 Å². The summed E-state index contributed by atoms with van der Waals surface area (Å²) in [6.45, 7) is 1.88. The van der Waals surface area contributed by atoms with Gasteiger partial charge in [0.05, 0.1) is 6.04 Å². The van der Waals surface area contributed by atoms with Crippen LogP contribution in [0.15, 0.2) is 47.2 Å². The van der Waals surface area contributed by atoms with Gasteiger partial charge in [0, 0.05) is 48.2 Å². The van der Waals surface area contributed by atoms with E-state index in [0.29, 0.717) is 25.5 Å². The number of nitrogens with zero attached hydrogens (tertiary/aromatic N) is 5. The van der Waals surface area contributed by atoms with Gasteiger partial charge in [-0.25, -0.2) is 4.98 Å². The Balaban J connectivity index is 1.37. The lowest BCUT2D eigenvalue weighted by Gasteiger charge is -2.42. The second-order valence-electron chi connectivity index (χ2n) is 10.5. The van der Waals surface area contributed by atoms with Crippen molar-refractivity contribution in [1.29, 1.82) is 0 Å². The average molecular weight is 579 g/mol. The minimum Gasteiger partial charge on any atom is -0.485 e. The molecule has 3 aromatic rings. The van der Waals surface area contributed by atoms with Gasteiger partial charge in [0.2, 0.25) is 5.91 Å². The molecule has 1 fully saturated rings. The van der Waals surface area contributed by atoms with Crippen LogP contribution in [0.2, 0.25) is 0 Å². The number of halogens is 1. The second-order valence-corrected chi connectivity index (χ2v) is 11.4. The highest BCUT2D eigenvalue weighted by Gasteiger charge is 2.40. The Morgan fingerprint density at radius 1 is 1.13 bits per heavy atom. The van der Waals surface area contributed by atoms with E-state index in [2.05, 4.69) is 26.0 Å². The van der Waals surface area contributed by atoms with Crippen LogP contribution in [0, 0.1) is 5.92 Å². The standard InChI is InChI=1S/C29H32BrN5O3/c1-33-26(31-18-32-33)17-38-25-12-11-23(30)22-13-14-35(28(36)19-7-3-2-4-8-19)24(27(22)25)16-34-15-20-9-5-6-10-21(20)29(34)37/h5-6,9-12,18-19,24H,2-4,7-8,13-17H2,1H3/t24-/m1/s1. The highest BCUT2D eigenvalue weighted by molar-refractivity contribution is 9.10. The Hall–Kier alpha value is -3.20. The van der Waals surface area contributed by atoms with E-state index in [9.17, 15) is 9.59 Å². The van der Waals surface area contributed by atoms with Gasteiger partial charge in [-0.2, -0.15) is 5.10 Å². The molecule has 0 unspecified atom stereocenters. The summed E-state index contributed by atoms with van der Waals surface area (Å²) in [6, 6.07) is 11.5. The molecule has 0 N–H and O–H groups in total. The molecule has 9 heteroatoms. The van der Waals surface area contributed by atoms with E-state index in [1.165, 1.54) is 12.7 Å². The first-order valence-electron chi connectivity index (χ1n) is 13.5. The lowest BCUT2D eigenvalue weighted by Crippen LogP contribution is -2.48. The van der Waals surface area contributed by atoms with Crippen molar-refractivity contribution in [3.8, 4) is 5.75 Å². The monoisotopic (exact) mass is 577 g/mol. The molecule has 1 aromatic heterocycles. The van der Waals surface area contributed by atoms with Crippen LogP contribution in [-0.2, 0) is 31.4 Å². The molecule has 1 atom stereocenters. The molecule has 2 aliphatic heterocycles. The number of aryl methyl sites for hydroxylation is 1. The van der Waals surface area contributed by atoms with Crippen molar-refractivity contribution in [2.75, 3.05) is 13.1 Å². The van der Waals surface area contributed by atoms with Gasteiger partial charge in [-0.1, -0.05) is 53.4 Å². The molecular formula is C29H32BrN5O3. The summed E-state index contributed by atoms with van der Waals surface area (Å²) in [5, 5.41) is 4.15. The van der Waals surface area contributed by atoms with E-state index in [0.717, 1.165) is 64.6 Å². The summed E-state index contributed by atoms with van der Waals surface area (Å²) in [5.41, 5.74) is 3.91. The average Bonchev–Trinajstić information content (AvgIpc) is 3.50. The van der Waals surface area contributed by atoms with Gasteiger partial charge >= 0.3 is 0 Å². The summed E-state index contributed by atoms with van der Waals surface area (Å²) in [7, 11) is 1.84. The third kappa shape index (κ3) is 4.61. The largest absolute Gasteiger partial charge is 0.485 e. The number of aromatic nitrogens is 3. The van der Waals surface area contributed by atoms with Crippen LogP contribution in [0.1, 0.15) is 71.0 Å². The fraction of sp³-hybridized carbons (Fsp3) is 0.448. The van der Waals surface area contributed by atoms with E-state index < -0.39 is 0 Å². The number of carbonyl (C=O) groups is 2. The van der Waals surface area contributed by atoms with Crippen LogP contribution in [0.25, 0.3) is 0 Å². The van der Waals surface area contributed by atoms with Crippen molar-refractivity contribution in [2.24, 2.45) is 13.0 Å². The minimum absolute atomic E-state index is 0.0225. The lowest BCUT2D eigenvalue weighted by atomic mass is 9.85. The third-order valence-electron chi connectivity index (χ3n) is 8.26. The third-order valence-corrected chi connectivity index (χ3v) is 9.00. The smallest absolute Gasteiger partial charge is 0.254 e. The molecule has 1 aliphatic carbocycles. The number of fused-ring (bicyclic) bond motifs is 2. The van der Waals surface area contributed by atoms with Crippen molar-refractivity contribution in [2.45, 2.75) is 57.7 Å². The van der Waals surface area contributed by atoms with E-state index >= 15 is 0 Å². The predicted molar refractivity (Wildman–Crippen MR) is 145 cm³/mol. The van der Waals surface area contributed by atoms with Gasteiger partial charge in [0.1, 0.15) is 18.7 Å². The van der Waals surface area contributed by atoms with E-state index in [1.54, 1.807) is 4.68 Å². The first kappa shape index (κ1) is 25.1. The highest BCUT2D eigenvalue weighted by Crippen LogP contribution is 2.43. The van der Waals surface area contributed by atoms with E-state index in [-0.39, 0.29) is 30.4 Å². The van der Waals surface area contributed by atoms with Crippen LogP contribution in [0.5, 0.6) is 5.75 Å². The van der Waals surface area contributed by atoms with Gasteiger partial charge in [0.15, 0.2) is 5.82 Å². The van der Waals surface area contributed by atoms with Crippen LogP contribution < -0.4 is 4.74 Å². The van der Waals surface area contributed by atoms with Crippen LogP contribution in [0.4, 0.5) is 0 Å². The summed E-state index contributed by atoms with van der Waals surface area (Å²) in [5.74, 6) is 1.73. The molecule has 0 radical (unpaired) electrons. The van der Waals surface area contributed by atoms with E-state index in [4.69, 9.17) is 4.74 Å². The van der Waals surface area contributed by atoms with Crippen molar-refractivity contribution in [1.82, 2.24) is 24.6 Å². The topological polar surface area (TPSA) is 80.6 Å². The Kier molecular flexibility index (Phi) is 6.95. The molecule has 0 spiro atoms. The molecular weight excluding hydrogens is 546 g/mol. The molecule has 0 saturated heterocycles. The number of hydrogen-bond donors (Lipinski definition) is 0. The van der Waals surface area contributed by atoms with Crippen LogP contribution >= 0.6 is 15.9 Å². The second kappa shape index (κ2) is 10.5. The first-order chi connectivity index (χ1) is 18.5. The number of carbonyl (C=O) groups excluding carboxylic acids is 2. The SMILES string of the molecule is Cn1ncnc1COc1ccc(Br)c2c1[C@@H](CN1Cc3ccccc3C1=O)N(C(=O)C1CCCCC1)CC2. The fourth-order valence-electron chi connectivity index (χ4n) is 6.21. The Morgan fingerprint density at radius 2 is 1.95 bits per heavy atom. The normalized spacial score (nSPS) is 19.4. The fourth-order valence-corrected chi connectivity index (χ4v) is 6.75. The highest BCUT2D eigenvalue weighted by atomic mass is 79.9. The van der Waals surface area contributed by atoms with Gasteiger partial charge in [-0.15, -0.1) is 0 Å². The zero-order valence-corrected chi connectivity index (χ0v) is 23.2. The summed E-state index contributed by atoms with van der Waals surface area (Å²) in [4.78, 5) is 35.6. The maximum Gasteiger partial charge on any atom is 0.254 e. The number of ether oxygens (including phenoxy) is 1.